The van der Waals surface area contributed by atoms with Crippen LogP contribution in [0.15, 0.2) is 24.3 Å². The number of aliphatic hydroxyl groups is 1. The number of amides is 2. The molecular formula is C15H20N2O3. The van der Waals surface area contributed by atoms with Crippen molar-refractivity contribution in [1.29, 1.82) is 0 Å². The molecule has 1 aliphatic rings. The van der Waals surface area contributed by atoms with Crippen LogP contribution in [0.2, 0.25) is 0 Å². The quantitative estimate of drug-likeness (QED) is 0.851. The van der Waals surface area contributed by atoms with Crippen molar-refractivity contribution in [3.05, 3.63) is 35.4 Å². The monoisotopic (exact) mass is 276 g/mol. The molecule has 5 nitrogen and oxygen atoms in total. The van der Waals surface area contributed by atoms with Gasteiger partial charge in [-0.3, -0.25) is 9.59 Å². The minimum absolute atomic E-state index is 0.0514. The van der Waals surface area contributed by atoms with Gasteiger partial charge in [-0.15, -0.1) is 0 Å². The third-order valence-electron chi connectivity index (χ3n) is 3.60. The molecule has 0 aromatic heterocycles. The lowest BCUT2D eigenvalue weighted by Gasteiger charge is -2.32. The number of carbonyl (C=O) groups excluding carboxylic acids is 2. The highest BCUT2D eigenvalue weighted by Gasteiger charge is 2.29. The van der Waals surface area contributed by atoms with Gasteiger partial charge in [-0.1, -0.05) is 18.2 Å². The van der Waals surface area contributed by atoms with Crippen molar-refractivity contribution >= 4 is 11.8 Å². The standard InChI is InChI=1S/C15H20N2O3/c1-11-5-2-3-6-12(11)14(19)16-13-7-4-8-17(9-10-18)15(13)20/h2-3,5-6,13,18H,4,7-10H2,1H3,(H,16,19)/t13-/m0/s1. The highest BCUT2D eigenvalue weighted by atomic mass is 16.3. The number of hydrogen-bond donors (Lipinski definition) is 2. The van der Waals surface area contributed by atoms with Gasteiger partial charge in [0.05, 0.1) is 6.61 Å². The van der Waals surface area contributed by atoms with Gasteiger partial charge in [0.1, 0.15) is 6.04 Å². The van der Waals surface area contributed by atoms with E-state index in [1.54, 1.807) is 11.0 Å². The number of β-amino-alcohol motifs (C(OH)–C–C–N with tert-alkyl or cyclic N) is 1. The Balaban J connectivity index is 2.04. The maximum atomic E-state index is 12.2. The molecule has 1 heterocycles. The summed E-state index contributed by atoms with van der Waals surface area (Å²) in [6.07, 6.45) is 1.49. The lowest BCUT2D eigenvalue weighted by atomic mass is 10.0. The molecule has 108 valence electrons. The second kappa shape index (κ2) is 6.52. The van der Waals surface area contributed by atoms with Crippen LogP contribution in [0.4, 0.5) is 0 Å². The van der Waals surface area contributed by atoms with Crippen molar-refractivity contribution in [2.24, 2.45) is 0 Å². The average Bonchev–Trinajstić information content (AvgIpc) is 2.44. The molecule has 2 N–H and O–H groups in total. The topological polar surface area (TPSA) is 69.6 Å². The summed E-state index contributed by atoms with van der Waals surface area (Å²) in [7, 11) is 0. The Kier molecular flexibility index (Phi) is 4.74. The first kappa shape index (κ1) is 14.5. The molecule has 1 saturated heterocycles. The number of carbonyl (C=O) groups is 2. The molecule has 0 saturated carbocycles. The summed E-state index contributed by atoms with van der Waals surface area (Å²) in [5.41, 5.74) is 1.49. The van der Waals surface area contributed by atoms with E-state index in [1.807, 2.05) is 25.1 Å². The van der Waals surface area contributed by atoms with Gasteiger partial charge in [0.15, 0.2) is 0 Å². The van der Waals surface area contributed by atoms with Gasteiger partial charge >= 0.3 is 0 Å². The molecule has 1 aliphatic heterocycles. The van der Waals surface area contributed by atoms with E-state index in [1.165, 1.54) is 0 Å². The van der Waals surface area contributed by atoms with Crippen molar-refractivity contribution in [1.82, 2.24) is 10.2 Å². The van der Waals surface area contributed by atoms with Crippen LogP contribution in [-0.2, 0) is 4.79 Å². The number of nitrogens with one attached hydrogen (secondary N) is 1. The van der Waals surface area contributed by atoms with E-state index in [0.29, 0.717) is 25.1 Å². The van der Waals surface area contributed by atoms with E-state index < -0.39 is 6.04 Å². The predicted octanol–water partition coefficient (Wildman–Crippen LogP) is 0.708. The summed E-state index contributed by atoms with van der Waals surface area (Å²) in [5.74, 6) is -0.320. The first-order valence-corrected chi connectivity index (χ1v) is 6.89. The zero-order valence-electron chi connectivity index (χ0n) is 11.6. The Bertz CT molecular complexity index is 500. The zero-order chi connectivity index (χ0) is 14.5. The van der Waals surface area contributed by atoms with Gasteiger partial charge in [0, 0.05) is 18.7 Å². The highest BCUT2D eigenvalue weighted by molar-refractivity contribution is 5.98. The summed E-state index contributed by atoms with van der Waals surface area (Å²) in [6, 6.07) is 6.82. The smallest absolute Gasteiger partial charge is 0.252 e. The van der Waals surface area contributed by atoms with Gasteiger partial charge in [0.2, 0.25) is 5.91 Å². The van der Waals surface area contributed by atoms with Crippen LogP contribution in [0.5, 0.6) is 0 Å². The summed E-state index contributed by atoms with van der Waals surface area (Å²) >= 11 is 0. The first-order valence-electron chi connectivity index (χ1n) is 6.89. The number of benzene rings is 1. The van der Waals surface area contributed by atoms with Crippen molar-refractivity contribution in [2.75, 3.05) is 19.7 Å². The molecule has 0 bridgehead atoms. The zero-order valence-corrected chi connectivity index (χ0v) is 11.6. The number of piperidine rings is 1. The fourth-order valence-corrected chi connectivity index (χ4v) is 2.48. The van der Waals surface area contributed by atoms with Gasteiger partial charge < -0.3 is 15.3 Å². The first-order chi connectivity index (χ1) is 9.63. The third kappa shape index (κ3) is 3.17. The van der Waals surface area contributed by atoms with E-state index in [4.69, 9.17) is 5.11 Å². The third-order valence-corrected chi connectivity index (χ3v) is 3.60. The van der Waals surface area contributed by atoms with E-state index >= 15 is 0 Å². The summed E-state index contributed by atoms with van der Waals surface area (Å²) < 4.78 is 0. The number of rotatable bonds is 4. The molecular weight excluding hydrogens is 256 g/mol. The molecule has 1 aromatic rings. The van der Waals surface area contributed by atoms with Crippen molar-refractivity contribution < 1.29 is 14.7 Å². The van der Waals surface area contributed by atoms with Crippen molar-refractivity contribution in [2.45, 2.75) is 25.8 Å². The van der Waals surface area contributed by atoms with Crippen LogP contribution in [0, 0.1) is 6.92 Å². The molecule has 1 atom stereocenters. The van der Waals surface area contributed by atoms with Crippen LogP contribution in [0.25, 0.3) is 0 Å². The van der Waals surface area contributed by atoms with Gasteiger partial charge in [-0.2, -0.15) is 0 Å². The average molecular weight is 276 g/mol. The van der Waals surface area contributed by atoms with Crippen molar-refractivity contribution in [3.8, 4) is 0 Å². The van der Waals surface area contributed by atoms with Crippen LogP contribution in [0.3, 0.4) is 0 Å². The molecule has 5 heteroatoms. The largest absolute Gasteiger partial charge is 0.395 e. The number of likely N-dealkylation sites (tertiary alicyclic amines) is 1. The predicted molar refractivity (Wildman–Crippen MR) is 75.3 cm³/mol. The van der Waals surface area contributed by atoms with Crippen LogP contribution >= 0.6 is 0 Å². The highest BCUT2D eigenvalue weighted by Crippen LogP contribution is 2.13. The maximum Gasteiger partial charge on any atom is 0.252 e. The molecule has 0 aliphatic carbocycles. The number of aliphatic hydroxyl groups excluding tert-OH is 1. The fraction of sp³-hybridized carbons (Fsp3) is 0.467. The number of aryl methyl sites for hydroxylation is 1. The molecule has 20 heavy (non-hydrogen) atoms. The minimum atomic E-state index is -0.484. The molecule has 2 amide bonds. The van der Waals surface area contributed by atoms with E-state index in [9.17, 15) is 9.59 Å². The van der Waals surface area contributed by atoms with E-state index in [0.717, 1.165) is 12.0 Å². The lowest BCUT2D eigenvalue weighted by molar-refractivity contribution is -0.136. The minimum Gasteiger partial charge on any atom is -0.395 e. The lowest BCUT2D eigenvalue weighted by Crippen LogP contribution is -2.52. The second-order valence-electron chi connectivity index (χ2n) is 5.03. The van der Waals surface area contributed by atoms with Gasteiger partial charge in [0.25, 0.3) is 5.91 Å². The Morgan fingerprint density at radius 1 is 1.45 bits per heavy atom. The second-order valence-corrected chi connectivity index (χ2v) is 5.03. The number of hydrogen-bond acceptors (Lipinski definition) is 3. The van der Waals surface area contributed by atoms with Crippen molar-refractivity contribution in [3.63, 3.8) is 0 Å². The summed E-state index contributed by atoms with van der Waals surface area (Å²) in [6.45, 7) is 2.80. The molecule has 0 radical (unpaired) electrons. The van der Waals surface area contributed by atoms with Crippen LogP contribution in [-0.4, -0.2) is 47.6 Å². The number of nitrogens with zero attached hydrogens (tertiary/aromatic N) is 1. The van der Waals surface area contributed by atoms with Crippen LogP contribution in [0.1, 0.15) is 28.8 Å². The maximum absolute atomic E-state index is 12.2. The molecule has 1 fully saturated rings. The Hall–Kier alpha value is -1.88. The normalized spacial score (nSPS) is 19.0. The molecule has 0 unspecified atom stereocenters. The van der Waals surface area contributed by atoms with Gasteiger partial charge in [-0.05, 0) is 31.4 Å². The van der Waals surface area contributed by atoms with Gasteiger partial charge in [-0.25, -0.2) is 0 Å². The summed E-state index contributed by atoms with van der Waals surface area (Å²) in [5, 5.41) is 11.7. The Labute approximate surface area is 118 Å². The summed E-state index contributed by atoms with van der Waals surface area (Å²) in [4.78, 5) is 26.0. The molecule has 0 spiro atoms. The Morgan fingerprint density at radius 3 is 2.90 bits per heavy atom. The van der Waals surface area contributed by atoms with E-state index in [-0.39, 0.29) is 18.4 Å². The van der Waals surface area contributed by atoms with E-state index in [2.05, 4.69) is 5.32 Å². The fourth-order valence-electron chi connectivity index (χ4n) is 2.48. The molecule has 1 aromatic carbocycles. The van der Waals surface area contributed by atoms with Crippen LogP contribution < -0.4 is 5.32 Å². The Morgan fingerprint density at radius 2 is 2.20 bits per heavy atom. The molecule has 2 rings (SSSR count). The SMILES string of the molecule is Cc1ccccc1C(=O)N[C@H]1CCCN(CCO)C1=O.